The van der Waals surface area contributed by atoms with E-state index in [1.807, 2.05) is 25.1 Å². The molecule has 0 saturated carbocycles. The first-order valence-electron chi connectivity index (χ1n) is 19.8. The molecule has 56 heavy (non-hydrogen) atoms. The summed E-state index contributed by atoms with van der Waals surface area (Å²) in [6.07, 6.45) is 10.8. The van der Waals surface area contributed by atoms with Crippen molar-refractivity contribution in [2.24, 2.45) is 0 Å². The second-order valence-electron chi connectivity index (χ2n) is 14.0. The Morgan fingerprint density at radius 1 is 0.893 bits per heavy atom. The molecule has 2 aromatic heterocycles. The second kappa shape index (κ2) is 23.7. The molecule has 1 unspecified atom stereocenters. The van der Waals surface area contributed by atoms with Crippen molar-refractivity contribution in [1.29, 1.82) is 0 Å². The van der Waals surface area contributed by atoms with Crippen LogP contribution in [-0.2, 0) is 28.6 Å². The fourth-order valence-electron chi connectivity index (χ4n) is 6.62. The summed E-state index contributed by atoms with van der Waals surface area (Å²) in [6.45, 7) is 10.5. The third kappa shape index (κ3) is 15.0. The van der Waals surface area contributed by atoms with Crippen molar-refractivity contribution in [3.05, 3.63) is 52.8 Å². The molecule has 5 rings (SSSR count). The molecule has 2 aliphatic rings. The predicted molar refractivity (Wildman–Crippen MR) is 216 cm³/mol. The number of thiazole rings is 1. The van der Waals surface area contributed by atoms with E-state index in [4.69, 9.17) is 14.2 Å². The Kier molecular flexibility index (Phi) is 18.1. The number of aldehydes is 1. The highest BCUT2D eigenvalue weighted by molar-refractivity contribution is 7.17. The zero-order valence-corrected chi connectivity index (χ0v) is 33.3. The first kappa shape index (κ1) is 42.8. The number of benzene rings is 1. The van der Waals surface area contributed by atoms with Gasteiger partial charge in [-0.05, 0) is 63.3 Å². The summed E-state index contributed by atoms with van der Waals surface area (Å²) >= 11 is 1.30. The van der Waals surface area contributed by atoms with Gasteiger partial charge in [-0.15, -0.1) is 0 Å². The molecule has 2 fully saturated rings. The molecule has 0 radical (unpaired) electrons. The number of piperazine rings is 1. The summed E-state index contributed by atoms with van der Waals surface area (Å²) in [5, 5.41) is 9.12. The maximum Gasteiger partial charge on any atom is 0.234 e. The van der Waals surface area contributed by atoms with Gasteiger partial charge in [0.25, 0.3) is 0 Å². The number of carbonyl (C=O) groups is 4. The molecule has 3 N–H and O–H groups in total. The van der Waals surface area contributed by atoms with Crippen molar-refractivity contribution in [3.8, 4) is 0 Å². The van der Waals surface area contributed by atoms with Gasteiger partial charge in [-0.3, -0.25) is 29.4 Å². The number of carbonyl (C=O) groups excluding carboxylic acids is 4. The number of imide groups is 1. The number of hydrogen-bond acceptors (Lipinski definition) is 14. The van der Waals surface area contributed by atoms with Gasteiger partial charge < -0.3 is 29.7 Å². The average Bonchev–Trinajstić information content (AvgIpc) is 3.65. The SMILES string of the molecule is Cc1nc(Nc2ncc(C=O)s2)cc(N2CCN(CCCCCCOCCOCCOCCCCCC(=O)Nc3ccc(C4CCC(=O)NC4=O)cc3)CC2)n1. The first-order chi connectivity index (χ1) is 27.4. The lowest BCUT2D eigenvalue weighted by atomic mass is 9.90. The highest BCUT2D eigenvalue weighted by Gasteiger charge is 2.27. The van der Waals surface area contributed by atoms with Crippen molar-refractivity contribution >= 4 is 57.8 Å². The van der Waals surface area contributed by atoms with Crippen LogP contribution >= 0.6 is 11.3 Å². The van der Waals surface area contributed by atoms with Crippen LogP contribution in [0.1, 0.15) is 91.2 Å². The standard InChI is InChI=1S/C40H56N8O7S/c1-30-42-35(45-40-41-28-33(29-49)56-40)27-36(43-30)48-19-17-47(18-20-48)16-6-2-3-7-21-53-23-25-55-26-24-54-22-8-4-5-9-37(50)44-32-12-10-31(11-13-32)34-14-15-38(51)46-39(34)52/h10-13,27-29,34H,2-9,14-26H2,1H3,(H,44,50)(H,46,51,52)(H,41,42,43,45). The number of piperidine rings is 1. The van der Waals surface area contributed by atoms with Gasteiger partial charge in [0.15, 0.2) is 11.4 Å². The molecule has 0 bridgehead atoms. The van der Waals surface area contributed by atoms with Gasteiger partial charge in [-0.2, -0.15) is 0 Å². The zero-order valence-electron chi connectivity index (χ0n) is 32.5. The van der Waals surface area contributed by atoms with Crippen LogP contribution in [0.25, 0.3) is 0 Å². The van der Waals surface area contributed by atoms with Crippen LogP contribution < -0.4 is 20.9 Å². The van der Waals surface area contributed by atoms with Gasteiger partial charge in [-0.25, -0.2) is 15.0 Å². The molecule has 1 atom stereocenters. The molecule has 2 saturated heterocycles. The van der Waals surface area contributed by atoms with Crippen molar-refractivity contribution in [1.82, 2.24) is 25.2 Å². The normalized spacial score (nSPS) is 16.2. The molecular formula is C40H56N8O7S. The van der Waals surface area contributed by atoms with Gasteiger partial charge in [0, 0.05) is 64.0 Å². The fraction of sp³-hybridized carbons (Fsp3) is 0.575. The fourth-order valence-corrected chi connectivity index (χ4v) is 7.26. The summed E-state index contributed by atoms with van der Waals surface area (Å²) < 4.78 is 17.0. The third-order valence-electron chi connectivity index (χ3n) is 9.68. The molecule has 4 heterocycles. The van der Waals surface area contributed by atoms with E-state index in [-0.39, 0.29) is 23.6 Å². The highest BCUT2D eigenvalue weighted by atomic mass is 32.1. The van der Waals surface area contributed by atoms with Crippen LogP contribution in [0.3, 0.4) is 0 Å². The summed E-state index contributed by atoms with van der Waals surface area (Å²) in [7, 11) is 0. The van der Waals surface area contributed by atoms with Crippen LogP contribution in [0.4, 0.5) is 22.5 Å². The molecule has 3 aromatic rings. The van der Waals surface area contributed by atoms with E-state index in [9.17, 15) is 19.2 Å². The number of aromatic nitrogens is 3. The monoisotopic (exact) mass is 792 g/mol. The molecule has 0 spiro atoms. The second-order valence-corrected chi connectivity index (χ2v) is 15.1. The minimum absolute atomic E-state index is 0.0396. The van der Waals surface area contributed by atoms with Crippen molar-refractivity contribution < 1.29 is 33.4 Å². The van der Waals surface area contributed by atoms with Crippen LogP contribution in [0.15, 0.2) is 36.5 Å². The summed E-state index contributed by atoms with van der Waals surface area (Å²) in [5.74, 6) is 1.42. The lowest BCUT2D eigenvalue weighted by Crippen LogP contribution is -2.47. The van der Waals surface area contributed by atoms with E-state index < -0.39 is 0 Å². The molecule has 16 heteroatoms. The minimum atomic E-state index is -0.330. The number of anilines is 4. The molecule has 304 valence electrons. The van der Waals surface area contributed by atoms with E-state index in [2.05, 4.69) is 40.7 Å². The lowest BCUT2D eigenvalue weighted by molar-refractivity contribution is -0.134. The Hall–Kier alpha value is -4.35. The number of nitrogens with one attached hydrogen (secondary N) is 3. The molecular weight excluding hydrogens is 737 g/mol. The van der Waals surface area contributed by atoms with Crippen LogP contribution in [0.5, 0.6) is 0 Å². The van der Waals surface area contributed by atoms with Crippen LogP contribution in [0, 0.1) is 6.92 Å². The average molecular weight is 793 g/mol. The Bertz CT molecular complexity index is 1680. The van der Waals surface area contributed by atoms with Gasteiger partial charge in [0.1, 0.15) is 17.5 Å². The molecule has 1 aromatic carbocycles. The van der Waals surface area contributed by atoms with E-state index in [1.165, 1.54) is 24.2 Å². The Morgan fingerprint density at radius 3 is 2.25 bits per heavy atom. The van der Waals surface area contributed by atoms with Crippen molar-refractivity contribution in [2.45, 2.75) is 77.0 Å². The molecule has 0 aliphatic carbocycles. The number of amides is 3. The van der Waals surface area contributed by atoms with E-state index in [0.29, 0.717) is 79.6 Å². The van der Waals surface area contributed by atoms with E-state index in [0.717, 1.165) is 89.1 Å². The number of ether oxygens (including phenoxy) is 3. The summed E-state index contributed by atoms with van der Waals surface area (Å²) in [6, 6.07) is 9.20. The van der Waals surface area contributed by atoms with E-state index in [1.54, 1.807) is 18.3 Å². The summed E-state index contributed by atoms with van der Waals surface area (Å²) in [4.78, 5) is 65.5. The molecule has 3 amide bonds. The zero-order chi connectivity index (χ0) is 39.4. The van der Waals surface area contributed by atoms with Gasteiger partial charge in [0.2, 0.25) is 17.7 Å². The van der Waals surface area contributed by atoms with Gasteiger partial charge in [-0.1, -0.05) is 42.7 Å². The Balaban J connectivity index is 0.773. The third-order valence-corrected chi connectivity index (χ3v) is 10.5. The number of nitrogens with zero attached hydrogens (tertiary/aromatic N) is 5. The molecule has 2 aliphatic heterocycles. The quantitative estimate of drug-likeness (QED) is 0.0577. The maximum absolute atomic E-state index is 12.3. The summed E-state index contributed by atoms with van der Waals surface area (Å²) in [5.41, 5.74) is 1.54. The van der Waals surface area contributed by atoms with Crippen LogP contribution in [0.2, 0.25) is 0 Å². The van der Waals surface area contributed by atoms with Crippen molar-refractivity contribution in [2.75, 3.05) is 87.9 Å². The lowest BCUT2D eigenvalue weighted by Gasteiger charge is -2.35. The number of hydrogen-bond donors (Lipinski definition) is 3. The number of unbranched alkanes of at least 4 members (excludes halogenated alkanes) is 5. The maximum atomic E-state index is 12.3. The van der Waals surface area contributed by atoms with Gasteiger partial charge >= 0.3 is 0 Å². The first-order valence-corrected chi connectivity index (χ1v) is 20.7. The smallest absolute Gasteiger partial charge is 0.234 e. The van der Waals surface area contributed by atoms with Crippen molar-refractivity contribution in [3.63, 3.8) is 0 Å². The van der Waals surface area contributed by atoms with Gasteiger partial charge in [0.05, 0.1) is 43.4 Å². The number of aryl methyl sites for hydroxylation is 1. The Morgan fingerprint density at radius 2 is 1.57 bits per heavy atom. The highest BCUT2D eigenvalue weighted by Crippen LogP contribution is 2.26. The Labute approximate surface area is 333 Å². The predicted octanol–water partition coefficient (Wildman–Crippen LogP) is 5.25. The van der Waals surface area contributed by atoms with Crippen LogP contribution in [-0.4, -0.2) is 116 Å². The van der Waals surface area contributed by atoms with E-state index >= 15 is 0 Å². The molecule has 15 nitrogen and oxygen atoms in total. The number of rotatable bonds is 25. The largest absolute Gasteiger partial charge is 0.379 e. The topological polar surface area (TPSA) is 177 Å². The minimum Gasteiger partial charge on any atom is -0.379 e.